The SMILES string of the molecule is O=C1CC(S(=O)(=O)Cl)CN1c1ccnn1C1CCCC1. The Kier molecular flexibility index (Phi) is 3.50. The first-order valence-corrected chi connectivity index (χ1v) is 9.11. The first-order chi connectivity index (χ1) is 9.47. The zero-order valence-corrected chi connectivity index (χ0v) is 12.5. The van der Waals surface area contributed by atoms with Crippen molar-refractivity contribution in [3.8, 4) is 0 Å². The lowest BCUT2D eigenvalue weighted by molar-refractivity contribution is -0.117. The number of carbonyl (C=O) groups is 1. The predicted octanol–water partition coefficient (Wildman–Crippen LogP) is 1.67. The van der Waals surface area contributed by atoms with E-state index in [1.54, 1.807) is 12.3 Å². The molecule has 110 valence electrons. The minimum Gasteiger partial charge on any atom is -0.296 e. The molecule has 1 saturated heterocycles. The summed E-state index contributed by atoms with van der Waals surface area (Å²) in [5, 5.41) is 3.47. The number of aromatic nitrogens is 2. The van der Waals surface area contributed by atoms with E-state index >= 15 is 0 Å². The molecule has 0 radical (unpaired) electrons. The third-order valence-corrected chi connectivity index (χ3v) is 5.95. The van der Waals surface area contributed by atoms with Crippen LogP contribution in [0.2, 0.25) is 0 Å². The average Bonchev–Trinajstić information content (AvgIpc) is 3.05. The van der Waals surface area contributed by atoms with Gasteiger partial charge in [-0.3, -0.25) is 9.69 Å². The molecule has 1 aromatic heterocycles. The van der Waals surface area contributed by atoms with E-state index in [2.05, 4.69) is 5.10 Å². The molecule has 1 aliphatic heterocycles. The van der Waals surface area contributed by atoms with Crippen molar-refractivity contribution < 1.29 is 13.2 Å². The molecule has 6 nitrogen and oxygen atoms in total. The van der Waals surface area contributed by atoms with Crippen LogP contribution in [0.1, 0.15) is 38.1 Å². The Labute approximate surface area is 122 Å². The number of hydrogen-bond acceptors (Lipinski definition) is 4. The molecule has 1 unspecified atom stereocenters. The highest BCUT2D eigenvalue weighted by Gasteiger charge is 2.39. The molecule has 2 fully saturated rings. The van der Waals surface area contributed by atoms with Gasteiger partial charge in [-0.2, -0.15) is 5.10 Å². The van der Waals surface area contributed by atoms with E-state index in [0.717, 1.165) is 25.7 Å². The summed E-state index contributed by atoms with van der Waals surface area (Å²) < 4.78 is 24.7. The largest absolute Gasteiger partial charge is 0.296 e. The Morgan fingerprint density at radius 2 is 2.00 bits per heavy atom. The predicted molar refractivity (Wildman–Crippen MR) is 75.3 cm³/mol. The third kappa shape index (κ3) is 2.44. The van der Waals surface area contributed by atoms with Crippen LogP contribution < -0.4 is 4.90 Å². The molecule has 2 heterocycles. The Morgan fingerprint density at radius 1 is 1.30 bits per heavy atom. The summed E-state index contributed by atoms with van der Waals surface area (Å²) in [5.74, 6) is 0.476. The molecule has 0 spiro atoms. The lowest BCUT2D eigenvalue weighted by atomic mass is 10.2. The van der Waals surface area contributed by atoms with Crippen molar-refractivity contribution in [1.29, 1.82) is 0 Å². The van der Waals surface area contributed by atoms with Gasteiger partial charge in [0.1, 0.15) is 11.1 Å². The molecule has 1 aliphatic carbocycles. The van der Waals surface area contributed by atoms with E-state index in [0.29, 0.717) is 11.9 Å². The van der Waals surface area contributed by atoms with Crippen molar-refractivity contribution >= 4 is 31.5 Å². The van der Waals surface area contributed by atoms with Gasteiger partial charge in [0.05, 0.1) is 12.2 Å². The van der Waals surface area contributed by atoms with Gasteiger partial charge < -0.3 is 0 Å². The lowest BCUT2D eigenvalue weighted by Gasteiger charge is -2.21. The van der Waals surface area contributed by atoms with Gasteiger partial charge in [-0.15, -0.1) is 0 Å². The van der Waals surface area contributed by atoms with Gasteiger partial charge in [0.15, 0.2) is 0 Å². The van der Waals surface area contributed by atoms with E-state index in [1.807, 2.05) is 4.68 Å². The molecule has 1 amide bonds. The van der Waals surface area contributed by atoms with Crippen molar-refractivity contribution in [2.24, 2.45) is 0 Å². The van der Waals surface area contributed by atoms with Crippen molar-refractivity contribution in [1.82, 2.24) is 9.78 Å². The van der Waals surface area contributed by atoms with Crippen LogP contribution >= 0.6 is 10.7 Å². The van der Waals surface area contributed by atoms with Crippen LogP contribution in [-0.2, 0) is 13.8 Å². The molecule has 8 heteroatoms. The number of halogens is 1. The standard InChI is InChI=1S/C12H16ClN3O3S/c13-20(18,19)10-7-12(17)15(8-10)11-5-6-14-16(11)9-3-1-2-4-9/h5-6,9-10H,1-4,7-8H2. The van der Waals surface area contributed by atoms with Crippen LogP contribution in [0.25, 0.3) is 0 Å². The van der Waals surface area contributed by atoms with E-state index in [4.69, 9.17) is 10.7 Å². The van der Waals surface area contributed by atoms with Gasteiger partial charge in [0.25, 0.3) is 0 Å². The molecule has 1 atom stereocenters. The fourth-order valence-corrected chi connectivity index (χ4v) is 4.06. The summed E-state index contributed by atoms with van der Waals surface area (Å²) in [7, 11) is 1.66. The van der Waals surface area contributed by atoms with E-state index in [1.165, 1.54) is 4.90 Å². The molecular formula is C12H16ClN3O3S. The first-order valence-electron chi connectivity index (χ1n) is 6.74. The van der Waals surface area contributed by atoms with E-state index in [-0.39, 0.29) is 18.9 Å². The maximum atomic E-state index is 12.1. The zero-order valence-electron chi connectivity index (χ0n) is 10.9. The van der Waals surface area contributed by atoms with Crippen LogP contribution in [0.15, 0.2) is 12.3 Å². The van der Waals surface area contributed by atoms with Crippen LogP contribution in [-0.4, -0.2) is 35.9 Å². The van der Waals surface area contributed by atoms with Crippen LogP contribution in [0.4, 0.5) is 5.82 Å². The normalized spacial score (nSPS) is 24.8. The number of anilines is 1. The summed E-state index contributed by atoms with van der Waals surface area (Å²) in [6, 6.07) is 2.07. The second-order valence-electron chi connectivity index (χ2n) is 5.38. The number of hydrogen-bond donors (Lipinski definition) is 0. The Balaban J connectivity index is 1.87. The van der Waals surface area contributed by atoms with Crippen molar-refractivity contribution in [2.45, 2.75) is 43.4 Å². The highest BCUT2D eigenvalue weighted by Crippen LogP contribution is 2.34. The molecule has 0 bridgehead atoms. The Morgan fingerprint density at radius 3 is 2.60 bits per heavy atom. The molecule has 0 aromatic carbocycles. The molecule has 1 saturated carbocycles. The number of nitrogens with zero attached hydrogens (tertiary/aromatic N) is 3. The summed E-state index contributed by atoms with van der Waals surface area (Å²) in [5.41, 5.74) is 0. The molecule has 3 rings (SSSR count). The quantitative estimate of drug-likeness (QED) is 0.795. The zero-order chi connectivity index (χ0) is 14.3. The van der Waals surface area contributed by atoms with Gasteiger partial charge in [-0.05, 0) is 12.8 Å². The molecule has 0 N–H and O–H groups in total. The highest BCUT2D eigenvalue weighted by atomic mass is 35.7. The van der Waals surface area contributed by atoms with Gasteiger partial charge in [0.2, 0.25) is 15.0 Å². The van der Waals surface area contributed by atoms with E-state index in [9.17, 15) is 13.2 Å². The summed E-state index contributed by atoms with van der Waals surface area (Å²) in [6.07, 6.45) is 6.03. The molecule has 20 heavy (non-hydrogen) atoms. The highest BCUT2D eigenvalue weighted by molar-refractivity contribution is 8.14. The van der Waals surface area contributed by atoms with Gasteiger partial charge >= 0.3 is 0 Å². The number of amides is 1. The van der Waals surface area contributed by atoms with E-state index < -0.39 is 14.3 Å². The van der Waals surface area contributed by atoms with Crippen molar-refractivity contribution in [3.63, 3.8) is 0 Å². The van der Waals surface area contributed by atoms with Crippen molar-refractivity contribution in [2.75, 3.05) is 11.4 Å². The van der Waals surface area contributed by atoms with Gasteiger partial charge in [-0.1, -0.05) is 12.8 Å². The number of carbonyl (C=O) groups excluding carboxylic acids is 1. The lowest BCUT2D eigenvalue weighted by Crippen LogP contribution is -2.29. The summed E-state index contributed by atoms with van der Waals surface area (Å²) >= 11 is 0. The topological polar surface area (TPSA) is 72.3 Å². The smallest absolute Gasteiger partial charge is 0.237 e. The van der Waals surface area contributed by atoms with Gasteiger partial charge in [-0.25, -0.2) is 13.1 Å². The fourth-order valence-electron chi connectivity index (χ4n) is 3.04. The van der Waals surface area contributed by atoms with Crippen LogP contribution in [0.5, 0.6) is 0 Å². The average molecular weight is 318 g/mol. The minimum atomic E-state index is -3.71. The van der Waals surface area contributed by atoms with Crippen LogP contribution in [0, 0.1) is 0 Å². The summed E-state index contributed by atoms with van der Waals surface area (Å²) in [6.45, 7) is 0.114. The monoisotopic (exact) mass is 317 g/mol. The maximum absolute atomic E-state index is 12.1. The van der Waals surface area contributed by atoms with Crippen molar-refractivity contribution in [3.05, 3.63) is 12.3 Å². The second-order valence-corrected chi connectivity index (χ2v) is 8.29. The Bertz CT molecular complexity index is 622. The van der Waals surface area contributed by atoms with Gasteiger partial charge in [0, 0.05) is 29.7 Å². The summed E-state index contributed by atoms with van der Waals surface area (Å²) in [4.78, 5) is 13.6. The molecule has 2 aliphatic rings. The molecular weight excluding hydrogens is 302 g/mol. The third-order valence-electron chi connectivity index (χ3n) is 4.08. The fraction of sp³-hybridized carbons (Fsp3) is 0.667. The second kappa shape index (κ2) is 5.04. The maximum Gasteiger partial charge on any atom is 0.237 e. The Hall–Kier alpha value is -1.08. The first kappa shape index (κ1) is 13.9. The molecule has 1 aromatic rings. The van der Waals surface area contributed by atoms with Crippen LogP contribution in [0.3, 0.4) is 0 Å². The number of rotatable bonds is 3. The minimum absolute atomic E-state index is 0.0539.